The van der Waals surface area contributed by atoms with Crippen LogP contribution in [0.1, 0.15) is 20.3 Å². The van der Waals surface area contributed by atoms with Gasteiger partial charge in [0.1, 0.15) is 0 Å². The highest BCUT2D eigenvalue weighted by Crippen LogP contribution is 2.06. The zero-order chi connectivity index (χ0) is 13.4. The summed E-state index contributed by atoms with van der Waals surface area (Å²) in [6.07, 6.45) is 0.426. The van der Waals surface area contributed by atoms with Gasteiger partial charge in [0.25, 0.3) is 0 Å². The normalized spacial score (nSPS) is 13.7. The van der Waals surface area contributed by atoms with E-state index in [0.717, 1.165) is 12.1 Å². The highest BCUT2D eigenvalue weighted by Gasteiger charge is 2.12. The van der Waals surface area contributed by atoms with Gasteiger partial charge in [-0.3, -0.25) is 4.79 Å². The Bertz CT molecular complexity index is 354. The van der Waals surface area contributed by atoms with Gasteiger partial charge in [0.15, 0.2) is 0 Å². The average Bonchev–Trinajstić information content (AvgIpc) is 2.42. The number of hydrogen-bond donors (Lipinski definition) is 3. The molecule has 0 heterocycles. The maximum absolute atomic E-state index is 11.5. The van der Waals surface area contributed by atoms with Crippen molar-refractivity contribution in [1.29, 1.82) is 0 Å². The molecule has 0 saturated carbocycles. The summed E-state index contributed by atoms with van der Waals surface area (Å²) in [7, 11) is 0. The van der Waals surface area contributed by atoms with E-state index in [9.17, 15) is 9.90 Å². The van der Waals surface area contributed by atoms with Crippen molar-refractivity contribution < 1.29 is 9.90 Å². The predicted octanol–water partition coefficient (Wildman–Crippen LogP) is 1.62. The molecule has 3 N–H and O–H groups in total. The zero-order valence-electron chi connectivity index (χ0n) is 11.0. The van der Waals surface area contributed by atoms with E-state index in [1.807, 2.05) is 44.2 Å². The number of para-hydroxylation sites is 1. The Labute approximate surface area is 108 Å². The number of nitrogens with one attached hydrogen (secondary N) is 2. The summed E-state index contributed by atoms with van der Waals surface area (Å²) in [5, 5.41) is 15.5. The van der Waals surface area contributed by atoms with E-state index in [4.69, 9.17) is 0 Å². The van der Waals surface area contributed by atoms with E-state index >= 15 is 0 Å². The van der Waals surface area contributed by atoms with Gasteiger partial charge in [0.2, 0.25) is 5.91 Å². The molecule has 4 nitrogen and oxygen atoms in total. The van der Waals surface area contributed by atoms with E-state index in [-0.39, 0.29) is 18.4 Å². The molecular formula is C14H22N2O2. The topological polar surface area (TPSA) is 61.4 Å². The fourth-order valence-corrected chi connectivity index (χ4v) is 1.49. The molecule has 0 aromatic heterocycles. The molecule has 0 saturated heterocycles. The number of hydrogen-bond acceptors (Lipinski definition) is 3. The predicted molar refractivity (Wildman–Crippen MR) is 73.4 cm³/mol. The van der Waals surface area contributed by atoms with Crippen molar-refractivity contribution in [3.63, 3.8) is 0 Å². The minimum Gasteiger partial charge on any atom is -0.391 e. The lowest BCUT2D eigenvalue weighted by molar-refractivity contribution is -0.120. The second kappa shape index (κ2) is 7.71. The smallest absolute Gasteiger partial charge is 0.239 e. The fourth-order valence-electron chi connectivity index (χ4n) is 1.49. The standard InChI is InChI=1S/C14H22N2O2/c1-3-11(2)13(17)9-16-14(18)10-15-12-7-5-4-6-8-12/h4-8,11,13,15,17H,3,9-10H2,1-2H3,(H,16,18). The lowest BCUT2D eigenvalue weighted by Crippen LogP contribution is -2.38. The van der Waals surface area contributed by atoms with E-state index in [1.165, 1.54) is 0 Å². The first-order valence-electron chi connectivity index (χ1n) is 6.37. The van der Waals surface area contributed by atoms with E-state index in [1.54, 1.807) is 0 Å². The third-order valence-electron chi connectivity index (χ3n) is 3.04. The maximum atomic E-state index is 11.5. The first-order chi connectivity index (χ1) is 8.63. The summed E-state index contributed by atoms with van der Waals surface area (Å²) in [5.41, 5.74) is 0.912. The van der Waals surface area contributed by atoms with E-state index in [0.29, 0.717) is 6.54 Å². The van der Waals surface area contributed by atoms with Gasteiger partial charge in [-0.2, -0.15) is 0 Å². The van der Waals surface area contributed by atoms with Gasteiger partial charge < -0.3 is 15.7 Å². The Morgan fingerprint density at radius 3 is 2.61 bits per heavy atom. The van der Waals surface area contributed by atoms with Crippen LogP contribution in [0, 0.1) is 5.92 Å². The number of carbonyl (C=O) groups is 1. The number of aliphatic hydroxyl groups excluding tert-OH is 1. The van der Waals surface area contributed by atoms with Crippen LogP contribution in [0.3, 0.4) is 0 Å². The minimum absolute atomic E-state index is 0.110. The molecule has 0 spiro atoms. The number of anilines is 1. The van der Waals surface area contributed by atoms with Crippen molar-refractivity contribution >= 4 is 11.6 Å². The van der Waals surface area contributed by atoms with Gasteiger partial charge in [0.05, 0.1) is 12.6 Å². The summed E-state index contributed by atoms with van der Waals surface area (Å²) in [4.78, 5) is 11.5. The van der Waals surface area contributed by atoms with Crippen LogP contribution in [0.25, 0.3) is 0 Å². The highest BCUT2D eigenvalue weighted by molar-refractivity contribution is 5.80. The number of benzene rings is 1. The van der Waals surface area contributed by atoms with Crippen LogP contribution in [-0.2, 0) is 4.79 Å². The molecule has 100 valence electrons. The van der Waals surface area contributed by atoms with Crippen molar-refractivity contribution in [2.45, 2.75) is 26.4 Å². The summed E-state index contributed by atoms with van der Waals surface area (Å²) < 4.78 is 0. The first kappa shape index (κ1) is 14.5. The number of rotatable bonds is 7. The van der Waals surface area contributed by atoms with Gasteiger partial charge in [0, 0.05) is 12.2 Å². The molecule has 4 heteroatoms. The van der Waals surface area contributed by atoms with E-state index < -0.39 is 6.10 Å². The number of carbonyl (C=O) groups excluding carboxylic acids is 1. The van der Waals surface area contributed by atoms with Gasteiger partial charge in [-0.15, -0.1) is 0 Å². The highest BCUT2D eigenvalue weighted by atomic mass is 16.3. The molecule has 0 fully saturated rings. The molecule has 1 amide bonds. The Morgan fingerprint density at radius 1 is 1.33 bits per heavy atom. The molecule has 0 aliphatic rings. The Kier molecular flexibility index (Phi) is 6.22. The van der Waals surface area contributed by atoms with Crippen LogP contribution in [0.2, 0.25) is 0 Å². The third-order valence-corrected chi connectivity index (χ3v) is 3.04. The van der Waals surface area contributed by atoms with Gasteiger partial charge >= 0.3 is 0 Å². The third kappa shape index (κ3) is 5.19. The van der Waals surface area contributed by atoms with Crippen LogP contribution in [0.4, 0.5) is 5.69 Å². The van der Waals surface area contributed by atoms with Crippen molar-refractivity contribution in [2.75, 3.05) is 18.4 Å². The quantitative estimate of drug-likeness (QED) is 0.689. The molecule has 0 bridgehead atoms. The lowest BCUT2D eigenvalue weighted by Gasteiger charge is -2.17. The second-order valence-corrected chi connectivity index (χ2v) is 4.48. The largest absolute Gasteiger partial charge is 0.391 e. The van der Waals surface area contributed by atoms with Crippen molar-refractivity contribution in [1.82, 2.24) is 5.32 Å². The first-order valence-corrected chi connectivity index (χ1v) is 6.37. The second-order valence-electron chi connectivity index (χ2n) is 4.48. The fraction of sp³-hybridized carbons (Fsp3) is 0.500. The van der Waals surface area contributed by atoms with Gasteiger partial charge in [-0.25, -0.2) is 0 Å². The summed E-state index contributed by atoms with van der Waals surface area (Å²) in [6, 6.07) is 9.55. The summed E-state index contributed by atoms with van der Waals surface area (Å²) in [6.45, 7) is 4.52. The summed E-state index contributed by atoms with van der Waals surface area (Å²) >= 11 is 0. The monoisotopic (exact) mass is 250 g/mol. The van der Waals surface area contributed by atoms with Crippen LogP contribution in [0.15, 0.2) is 30.3 Å². The van der Waals surface area contributed by atoms with Crippen LogP contribution in [0.5, 0.6) is 0 Å². The summed E-state index contributed by atoms with van der Waals surface area (Å²) in [5.74, 6) is 0.0913. The molecule has 0 aliphatic heterocycles. The SMILES string of the molecule is CCC(C)C(O)CNC(=O)CNc1ccccc1. The molecule has 18 heavy (non-hydrogen) atoms. The Balaban J connectivity index is 2.22. The maximum Gasteiger partial charge on any atom is 0.239 e. The minimum atomic E-state index is -0.476. The van der Waals surface area contributed by atoms with Crippen molar-refractivity contribution in [3.05, 3.63) is 30.3 Å². The lowest BCUT2D eigenvalue weighted by atomic mass is 10.0. The molecular weight excluding hydrogens is 228 g/mol. The van der Waals surface area contributed by atoms with Gasteiger partial charge in [-0.05, 0) is 18.1 Å². The van der Waals surface area contributed by atoms with Crippen LogP contribution < -0.4 is 10.6 Å². The molecule has 0 radical (unpaired) electrons. The molecule has 2 unspecified atom stereocenters. The Morgan fingerprint density at radius 2 is 2.00 bits per heavy atom. The zero-order valence-corrected chi connectivity index (χ0v) is 11.0. The molecule has 0 aliphatic carbocycles. The number of amides is 1. The average molecular weight is 250 g/mol. The van der Waals surface area contributed by atoms with E-state index in [2.05, 4.69) is 10.6 Å². The van der Waals surface area contributed by atoms with Gasteiger partial charge in [-0.1, -0.05) is 38.5 Å². The molecule has 1 aromatic carbocycles. The molecule has 1 aromatic rings. The van der Waals surface area contributed by atoms with Crippen LogP contribution in [-0.4, -0.2) is 30.2 Å². The van der Waals surface area contributed by atoms with Crippen LogP contribution >= 0.6 is 0 Å². The van der Waals surface area contributed by atoms with Crippen molar-refractivity contribution in [3.8, 4) is 0 Å². The Hall–Kier alpha value is -1.55. The molecule has 1 rings (SSSR count). The molecule has 2 atom stereocenters. The number of aliphatic hydroxyl groups is 1. The van der Waals surface area contributed by atoms with Crippen molar-refractivity contribution in [2.24, 2.45) is 5.92 Å².